The highest BCUT2D eigenvalue weighted by Crippen LogP contribution is 2.51. The molecule has 3 heteroatoms. The molecule has 44 heavy (non-hydrogen) atoms. The van der Waals surface area contributed by atoms with Crippen LogP contribution in [0.15, 0.2) is 156 Å². The molecule has 3 nitrogen and oxygen atoms in total. The molecule has 1 unspecified atom stereocenters. The number of aliphatic imine (C=N–C) groups is 1. The number of allylic oxidation sites excluding steroid dienone is 2. The highest BCUT2D eigenvalue weighted by Gasteiger charge is 2.36. The van der Waals surface area contributed by atoms with Crippen molar-refractivity contribution in [3.63, 3.8) is 0 Å². The molecule has 0 aromatic heterocycles. The Morgan fingerprint density at radius 1 is 0.636 bits per heavy atom. The summed E-state index contributed by atoms with van der Waals surface area (Å²) in [5, 5.41) is 3.62. The second kappa shape index (κ2) is 10.4. The number of hydrogen-bond acceptors (Lipinski definition) is 3. The van der Waals surface area contributed by atoms with Crippen LogP contribution < -0.4 is 10.1 Å². The zero-order valence-corrected chi connectivity index (χ0v) is 24.8. The molecule has 3 aliphatic rings. The molecule has 0 saturated carbocycles. The fourth-order valence-corrected chi connectivity index (χ4v) is 6.74. The predicted octanol–water partition coefficient (Wildman–Crippen LogP) is 9.71. The van der Waals surface area contributed by atoms with E-state index in [2.05, 4.69) is 153 Å². The van der Waals surface area contributed by atoms with Gasteiger partial charge in [-0.3, -0.25) is 0 Å². The first-order valence-electron chi connectivity index (χ1n) is 15.2. The van der Waals surface area contributed by atoms with Gasteiger partial charge in [-0.1, -0.05) is 141 Å². The van der Waals surface area contributed by atoms with E-state index in [9.17, 15) is 0 Å². The zero-order chi connectivity index (χ0) is 29.7. The van der Waals surface area contributed by atoms with Crippen molar-refractivity contribution in [2.45, 2.75) is 25.3 Å². The van der Waals surface area contributed by atoms with Crippen molar-refractivity contribution in [2.75, 3.05) is 0 Å². The minimum Gasteiger partial charge on any atom is -0.457 e. The summed E-state index contributed by atoms with van der Waals surface area (Å²) in [4.78, 5) is 5.15. The topological polar surface area (TPSA) is 33.6 Å². The summed E-state index contributed by atoms with van der Waals surface area (Å²) in [7, 11) is 0. The van der Waals surface area contributed by atoms with Gasteiger partial charge in [0.15, 0.2) is 0 Å². The summed E-state index contributed by atoms with van der Waals surface area (Å²) in [6.45, 7) is 4.58. The summed E-state index contributed by atoms with van der Waals surface area (Å²) in [6, 6.07) is 42.8. The van der Waals surface area contributed by atoms with Crippen molar-refractivity contribution in [1.82, 2.24) is 5.32 Å². The first-order chi connectivity index (χ1) is 21.6. The molecule has 0 saturated heterocycles. The Kier molecular flexibility index (Phi) is 6.20. The van der Waals surface area contributed by atoms with Crippen molar-refractivity contribution in [1.29, 1.82) is 0 Å². The maximum Gasteiger partial charge on any atom is 0.134 e. The van der Waals surface area contributed by atoms with Gasteiger partial charge in [-0.2, -0.15) is 0 Å². The van der Waals surface area contributed by atoms with Crippen LogP contribution in [0.1, 0.15) is 36.1 Å². The van der Waals surface area contributed by atoms with E-state index in [4.69, 9.17) is 9.73 Å². The maximum atomic E-state index is 6.38. The van der Waals surface area contributed by atoms with E-state index in [1.807, 2.05) is 12.1 Å². The van der Waals surface area contributed by atoms with Gasteiger partial charge in [-0.15, -0.1) is 0 Å². The minimum atomic E-state index is -0.183. The van der Waals surface area contributed by atoms with Gasteiger partial charge >= 0.3 is 0 Å². The number of rotatable bonds is 4. The minimum absolute atomic E-state index is 0.0858. The summed E-state index contributed by atoms with van der Waals surface area (Å²) in [5.41, 5.74) is 11.3. The average molecular weight is 569 g/mol. The van der Waals surface area contributed by atoms with E-state index in [1.165, 1.54) is 33.4 Å². The van der Waals surface area contributed by atoms with Gasteiger partial charge in [0.1, 0.15) is 17.3 Å². The lowest BCUT2D eigenvalue weighted by atomic mass is 9.73. The van der Waals surface area contributed by atoms with Crippen molar-refractivity contribution in [2.24, 2.45) is 4.99 Å². The van der Waals surface area contributed by atoms with E-state index in [0.717, 1.165) is 39.7 Å². The second-order valence-corrected chi connectivity index (χ2v) is 12.1. The van der Waals surface area contributed by atoms with Gasteiger partial charge in [0.2, 0.25) is 0 Å². The highest BCUT2D eigenvalue weighted by atomic mass is 16.5. The number of amidine groups is 1. The van der Waals surface area contributed by atoms with Crippen molar-refractivity contribution in [3.8, 4) is 33.8 Å². The van der Waals surface area contributed by atoms with Crippen molar-refractivity contribution >= 4 is 11.5 Å². The molecule has 5 aromatic carbocycles. The fraction of sp³-hybridized carbons (Fsp3) is 0.0976. The molecule has 0 spiro atoms. The third-order valence-corrected chi connectivity index (χ3v) is 8.96. The Balaban J connectivity index is 1.16. The first-order valence-corrected chi connectivity index (χ1v) is 15.2. The third kappa shape index (κ3) is 4.40. The molecular weight excluding hydrogens is 536 g/mol. The van der Waals surface area contributed by atoms with Crippen LogP contribution in [0.3, 0.4) is 0 Å². The number of benzene rings is 5. The number of hydrogen-bond donors (Lipinski definition) is 1. The third-order valence-electron chi connectivity index (χ3n) is 8.96. The predicted molar refractivity (Wildman–Crippen MR) is 181 cm³/mol. The largest absolute Gasteiger partial charge is 0.457 e. The fourth-order valence-electron chi connectivity index (χ4n) is 6.74. The van der Waals surface area contributed by atoms with Gasteiger partial charge < -0.3 is 10.1 Å². The normalized spacial score (nSPS) is 17.5. The van der Waals surface area contributed by atoms with Crippen LogP contribution in [0.25, 0.3) is 28.0 Å². The Morgan fingerprint density at radius 2 is 1.34 bits per heavy atom. The summed E-state index contributed by atoms with van der Waals surface area (Å²) < 4.78 is 6.38. The number of para-hydroxylation sites is 1. The molecule has 0 bridgehead atoms. The first kappa shape index (κ1) is 26.2. The molecule has 1 atom stereocenters. The second-order valence-electron chi connectivity index (χ2n) is 12.1. The van der Waals surface area contributed by atoms with Gasteiger partial charge in [0.05, 0.1) is 11.7 Å². The average Bonchev–Trinajstić information content (AvgIpc) is 3.08. The number of fused-ring (bicyclic) bond motifs is 3. The number of nitrogens with one attached hydrogen (secondary N) is 1. The van der Waals surface area contributed by atoms with Crippen LogP contribution in [0.5, 0.6) is 11.5 Å². The van der Waals surface area contributed by atoms with Crippen LogP contribution in [-0.4, -0.2) is 11.9 Å². The lowest BCUT2D eigenvalue weighted by molar-refractivity contribution is 0.419. The molecule has 5 aromatic rings. The van der Waals surface area contributed by atoms with Crippen LogP contribution >= 0.6 is 0 Å². The van der Waals surface area contributed by atoms with E-state index in [1.54, 1.807) is 0 Å². The van der Waals surface area contributed by atoms with E-state index in [0.29, 0.717) is 0 Å². The molecule has 1 N–H and O–H groups in total. The molecule has 1 aliphatic carbocycles. The molecule has 0 fully saturated rings. The summed E-state index contributed by atoms with van der Waals surface area (Å²) in [5.74, 6) is 2.76. The summed E-state index contributed by atoms with van der Waals surface area (Å²) in [6.07, 6.45) is 8.56. The van der Waals surface area contributed by atoms with Crippen LogP contribution in [0.4, 0.5) is 0 Å². The van der Waals surface area contributed by atoms with Crippen molar-refractivity contribution < 1.29 is 4.74 Å². The molecule has 2 aliphatic heterocycles. The van der Waals surface area contributed by atoms with E-state index in [-0.39, 0.29) is 11.5 Å². The van der Waals surface area contributed by atoms with E-state index < -0.39 is 0 Å². The molecule has 8 rings (SSSR count). The monoisotopic (exact) mass is 568 g/mol. The number of ether oxygens (including phenoxy) is 1. The molecule has 0 amide bonds. The molecular formula is C41H32N2O. The standard InChI is InChI=1S/C41H32N2O/c1-41(2)34-18-7-9-20-36(34)44-37-21-11-17-32(38(37)41)28-24-22-27(23-25-28)30-14-10-15-31(26-30)39-33-16-6-8-19-35(33)42-40(43-39)29-12-4-3-5-13-29/h3-26,35H,1-2H3,(H,42,43). The quantitative estimate of drug-likeness (QED) is 0.234. The zero-order valence-electron chi connectivity index (χ0n) is 24.8. The van der Waals surface area contributed by atoms with Gasteiger partial charge in [-0.25, -0.2) is 4.99 Å². The maximum absolute atomic E-state index is 6.38. The molecule has 2 heterocycles. The van der Waals surface area contributed by atoms with Gasteiger partial charge in [0.25, 0.3) is 0 Å². The smallest absolute Gasteiger partial charge is 0.134 e. The SMILES string of the molecule is CC1(C)c2ccccc2Oc2cccc(-c3ccc(-c4cccc(C5=C6C=CC=CC6NC(c6ccccc6)=N5)c4)cc3)c21. The highest BCUT2D eigenvalue weighted by molar-refractivity contribution is 6.04. The van der Waals surface area contributed by atoms with Crippen LogP contribution in [-0.2, 0) is 5.41 Å². The van der Waals surface area contributed by atoms with Crippen LogP contribution in [0.2, 0.25) is 0 Å². The Hall–Kier alpha value is -5.41. The van der Waals surface area contributed by atoms with Gasteiger partial charge in [0, 0.05) is 33.2 Å². The van der Waals surface area contributed by atoms with Crippen LogP contribution in [0, 0.1) is 0 Å². The Labute approximate surface area is 258 Å². The lowest BCUT2D eigenvalue weighted by Crippen LogP contribution is -2.39. The number of nitrogens with zero attached hydrogens (tertiary/aromatic N) is 1. The molecule has 212 valence electrons. The van der Waals surface area contributed by atoms with Gasteiger partial charge in [-0.05, 0) is 40.5 Å². The Morgan fingerprint density at radius 3 is 2.20 bits per heavy atom. The summed E-state index contributed by atoms with van der Waals surface area (Å²) >= 11 is 0. The van der Waals surface area contributed by atoms with E-state index >= 15 is 0 Å². The lowest BCUT2D eigenvalue weighted by Gasteiger charge is -2.36. The molecule has 0 radical (unpaired) electrons. The van der Waals surface area contributed by atoms with Crippen molar-refractivity contribution in [3.05, 3.63) is 173 Å². The Bertz CT molecular complexity index is 2030.